The Morgan fingerprint density at radius 3 is 2.05 bits per heavy atom. The molecule has 0 atom stereocenters. The van der Waals surface area contributed by atoms with Crippen LogP contribution in [-0.4, -0.2) is 12.7 Å². The van der Waals surface area contributed by atoms with Gasteiger partial charge in [0.1, 0.15) is 12.4 Å². The third-order valence-corrected chi connectivity index (χ3v) is 2.84. The summed E-state index contributed by atoms with van der Waals surface area (Å²) in [5.74, 6) is 2.42. The second kappa shape index (κ2) is 7.58. The van der Waals surface area contributed by atoms with E-state index in [2.05, 4.69) is 0 Å². The molecule has 0 fully saturated rings. The maximum atomic E-state index is 5.83. The normalized spacial score (nSPS) is 10.5. The first-order chi connectivity index (χ1) is 10.2. The second-order valence-electron chi connectivity index (χ2n) is 4.98. The van der Waals surface area contributed by atoms with Gasteiger partial charge in [0.2, 0.25) is 0 Å². The zero-order valence-corrected chi connectivity index (χ0v) is 12.8. The molecule has 0 spiro atoms. The molecule has 0 bridgehead atoms. The monoisotopic (exact) mass is 286 g/mol. The van der Waals surface area contributed by atoms with Gasteiger partial charge in [-0.3, -0.25) is 0 Å². The average Bonchev–Trinajstić information content (AvgIpc) is 2.48. The molecule has 2 rings (SSSR count). The van der Waals surface area contributed by atoms with Gasteiger partial charge >= 0.3 is 0 Å². The lowest BCUT2D eigenvalue weighted by molar-refractivity contribution is 0.242. The van der Waals surface area contributed by atoms with Crippen molar-refractivity contribution < 1.29 is 14.2 Å². The third-order valence-electron chi connectivity index (χ3n) is 2.84. The fourth-order valence-electron chi connectivity index (χ4n) is 1.94. The largest absolute Gasteiger partial charge is 0.491 e. The molecule has 0 unspecified atom stereocenters. The Labute approximate surface area is 126 Å². The van der Waals surface area contributed by atoms with Crippen molar-refractivity contribution in [2.75, 3.05) is 6.61 Å². The Balaban J connectivity index is 1.96. The van der Waals surface area contributed by atoms with Crippen LogP contribution in [0.5, 0.6) is 17.2 Å². The van der Waals surface area contributed by atoms with Gasteiger partial charge in [-0.15, -0.1) is 0 Å². The fraction of sp³-hybridized carbons (Fsp3) is 0.333. The Hall–Kier alpha value is -2.16. The lowest BCUT2D eigenvalue weighted by Crippen LogP contribution is -2.05. The van der Waals surface area contributed by atoms with Gasteiger partial charge in [0.25, 0.3) is 0 Å². The van der Waals surface area contributed by atoms with Gasteiger partial charge in [0, 0.05) is 0 Å². The molecule has 0 aliphatic rings. The average molecular weight is 286 g/mol. The van der Waals surface area contributed by atoms with E-state index in [4.69, 9.17) is 14.2 Å². The van der Waals surface area contributed by atoms with Crippen LogP contribution in [0.4, 0.5) is 0 Å². The molecule has 0 amide bonds. The van der Waals surface area contributed by atoms with Crippen LogP contribution in [0.1, 0.15) is 26.3 Å². The minimum Gasteiger partial charge on any atom is -0.491 e. The van der Waals surface area contributed by atoms with E-state index in [1.54, 1.807) is 0 Å². The molecule has 2 aromatic carbocycles. The van der Waals surface area contributed by atoms with E-state index in [0.29, 0.717) is 13.2 Å². The quantitative estimate of drug-likeness (QED) is 0.752. The highest BCUT2D eigenvalue weighted by Crippen LogP contribution is 2.27. The zero-order chi connectivity index (χ0) is 15.1. The molecule has 0 saturated heterocycles. The van der Waals surface area contributed by atoms with E-state index >= 15 is 0 Å². The summed E-state index contributed by atoms with van der Waals surface area (Å²) in [5, 5.41) is 0. The number of benzene rings is 2. The van der Waals surface area contributed by atoms with E-state index in [0.717, 1.165) is 22.8 Å². The van der Waals surface area contributed by atoms with Crippen molar-refractivity contribution in [1.82, 2.24) is 0 Å². The molecule has 0 aromatic heterocycles. The zero-order valence-electron chi connectivity index (χ0n) is 12.8. The van der Waals surface area contributed by atoms with Gasteiger partial charge < -0.3 is 14.2 Å². The van der Waals surface area contributed by atoms with Crippen molar-refractivity contribution in [3.63, 3.8) is 0 Å². The number of hydrogen-bond acceptors (Lipinski definition) is 3. The van der Waals surface area contributed by atoms with Crippen molar-refractivity contribution >= 4 is 0 Å². The predicted molar refractivity (Wildman–Crippen MR) is 84.1 cm³/mol. The van der Waals surface area contributed by atoms with E-state index in [1.807, 2.05) is 69.3 Å². The van der Waals surface area contributed by atoms with Gasteiger partial charge in [-0.25, -0.2) is 0 Å². The van der Waals surface area contributed by atoms with Crippen LogP contribution in [0.25, 0.3) is 0 Å². The van der Waals surface area contributed by atoms with Gasteiger partial charge in [0.05, 0.1) is 12.7 Å². The molecule has 2 aromatic rings. The molecule has 0 N–H and O–H groups in total. The summed E-state index contributed by atoms with van der Waals surface area (Å²) in [7, 11) is 0. The Morgan fingerprint density at radius 1 is 0.857 bits per heavy atom. The van der Waals surface area contributed by atoms with Crippen LogP contribution in [-0.2, 0) is 6.61 Å². The van der Waals surface area contributed by atoms with Crippen LogP contribution in [0.2, 0.25) is 0 Å². The lowest BCUT2D eigenvalue weighted by atomic mass is 10.2. The summed E-state index contributed by atoms with van der Waals surface area (Å²) in [6.45, 7) is 7.13. The molecule has 0 heterocycles. The van der Waals surface area contributed by atoms with Crippen LogP contribution >= 0.6 is 0 Å². The topological polar surface area (TPSA) is 27.7 Å². The molecular weight excluding hydrogens is 264 g/mol. The summed E-state index contributed by atoms with van der Waals surface area (Å²) < 4.78 is 17.0. The summed E-state index contributed by atoms with van der Waals surface area (Å²) in [6.07, 6.45) is 0.185. The maximum Gasteiger partial charge on any atom is 0.161 e. The predicted octanol–water partition coefficient (Wildman–Crippen LogP) is 4.45. The first-order valence-electron chi connectivity index (χ1n) is 7.29. The maximum absolute atomic E-state index is 5.83. The SMILES string of the molecule is CCOc1ccccc1OCc1ccc(OC(C)C)cc1. The van der Waals surface area contributed by atoms with E-state index in [9.17, 15) is 0 Å². The highest BCUT2D eigenvalue weighted by Gasteiger charge is 2.04. The molecule has 0 aliphatic heterocycles. The Kier molecular flexibility index (Phi) is 5.50. The molecule has 3 nitrogen and oxygen atoms in total. The van der Waals surface area contributed by atoms with E-state index < -0.39 is 0 Å². The van der Waals surface area contributed by atoms with Crippen molar-refractivity contribution in [2.24, 2.45) is 0 Å². The summed E-state index contributed by atoms with van der Waals surface area (Å²) >= 11 is 0. The first kappa shape index (κ1) is 15.2. The summed E-state index contributed by atoms with van der Waals surface area (Å²) in [4.78, 5) is 0. The Morgan fingerprint density at radius 2 is 1.48 bits per heavy atom. The molecule has 112 valence electrons. The van der Waals surface area contributed by atoms with Crippen molar-refractivity contribution in [3.8, 4) is 17.2 Å². The minimum atomic E-state index is 0.185. The summed E-state index contributed by atoms with van der Waals surface area (Å²) in [5.41, 5.74) is 1.09. The number of ether oxygens (including phenoxy) is 3. The third kappa shape index (κ3) is 4.71. The highest BCUT2D eigenvalue weighted by molar-refractivity contribution is 5.39. The second-order valence-corrected chi connectivity index (χ2v) is 4.98. The lowest BCUT2D eigenvalue weighted by Gasteiger charge is -2.12. The standard InChI is InChI=1S/C18H22O3/c1-4-19-17-7-5-6-8-18(17)20-13-15-9-11-16(12-10-15)21-14(2)3/h5-12,14H,4,13H2,1-3H3. The van der Waals surface area contributed by atoms with Crippen molar-refractivity contribution in [3.05, 3.63) is 54.1 Å². The molecule has 3 heteroatoms. The summed E-state index contributed by atoms with van der Waals surface area (Å²) in [6, 6.07) is 15.7. The smallest absolute Gasteiger partial charge is 0.161 e. The molecule has 21 heavy (non-hydrogen) atoms. The molecule has 0 saturated carbocycles. The highest BCUT2D eigenvalue weighted by atomic mass is 16.5. The van der Waals surface area contributed by atoms with Gasteiger partial charge in [-0.1, -0.05) is 24.3 Å². The van der Waals surface area contributed by atoms with Crippen LogP contribution in [0.15, 0.2) is 48.5 Å². The first-order valence-corrected chi connectivity index (χ1v) is 7.29. The van der Waals surface area contributed by atoms with Crippen LogP contribution in [0.3, 0.4) is 0 Å². The Bertz CT molecular complexity index is 547. The fourth-order valence-corrected chi connectivity index (χ4v) is 1.94. The van der Waals surface area contributed by atoms with Crippen molar-refractivity contribution in [1.29, 1.82) is 0 Å². The van der Waals surface area contributed by atoms with Gasteiger partial charge in [-0.05, 0) is 50.6 Å². The van der Waals surface area contributed by atoms with Crippen LogP contribution < -0.4 is 14.2 Å². The number of para-hydroxylation sites is 2. The van der Waals surface area contributed by atoms with Gasteiger partial charge in [0.15, 0.2) is 11.5 Å². The van der Waals surface area contributed by atoms with Crippen molar-refractivity contribution in [2.45, 2.75) is 33.5 Å². The number of hydrogen-bond donors (Lipinski definition) is 0. The minimum absolute atomic E-state index is 0.185. The molecule has 0 radical (unpaired) electrons. The van der Waals surface area contributed by atoms with Crippen LogP contribution in [0, 0.1) is 0 Å². The van der Waals surface area contributed by atoms with E-state index in [-0.39, 0.29) is 6.10 Å². The molecule has 0 aliphatic carbocycles. The number of rotatable bonds is 7. The molecular formula is C18H22O3. The van der Waals surface area contributed by atoms with Gasteiger partial charge in [-0.2, -0.15) is 0 Å². The van der Waals surface area contributed by atoms with E-state index in [1.165, 1.54) is 0 Å².